The molecule has 0 aromatic heterocycles. The van der Waals surface area contributed by atoms with Crippen LogP contribution in [0.1, 0.15) is 23.1 Å². The summed E-state index contributed by atoms with van der Waals surface area (Å²) in [5.74, 6) is -2.18. The zero-order valence-electron chi connectivity index (χ0n) is 21.9. The van der Waals surface area contributed by atoms with Gasteiger partial charge in [-0.3, -0.25) is 14.9 Å². The van der Waals surface area contributed by atoms with Crippen LogP contribution < -0.4 is 5.32 Å². The molecule has 1 atom stereocenters. The maximum atomic E-state index is 13.1. The van der Waals surface area contributed by atoms with Crippen molar-refractivity contribution in [1.29, 1.82) is 0 Å². The first-order valence-electron chi connectivity index (χ1n) is 12.4. The number of ketones is 1. The number of carbonyl (C=O) groups is 2. The summed E-state index contributed by atoms with van der Waals surface area (Å²) < 4.78 is 96.1. The second kappa shape index (κ2) is 13.0. The van der Waals surface area contributed by atoms with Crippen molar-refractivity contribution in [2.24, 2.45) is 0 Å². The molecule has 3 rings (SSSR count). The van der Waals surface area contributed by atoms with Crippen molar-refractivity contribution in [3.05, 3.63) is 108 Å². The molecular formula is C29H28F6NO4P. The van der Waals surface area contributed by atoms with Gasteiger partial charge in [0.15, 0.2) is 0 Å². The van der Waals surface area contributed by atoms with Crippen LogP contribution in [0.25, 0.3) is 0 Å². The monoisotopic (exact) mass is 599 g/mol. The van der Waals surface area contributed by atoms with Gasteiger partial charge in [-0.2, -0.15) is 26.3 Å². The fraction of sp³-hybridized carbons (Fsp3) is 0.310. The van der Waals surface area contributed by atoms with Crippen LogP contribution >= 0.6 is 7.14 Å². The molecule has 0 bridgehead atoms. The van der Waals surface area contributed by atoms with Crippen molar-refractivity contribution in [3.8, 4) is 0 Å². The third kappa shape index (κ3) is 8.78. The van der Waals surface area contributed by atoms with E-state index in [-0.39, 0.29) is 0 Å². The van der Waals surface area contributed by atoms with E-state index in [4.69, 9.17) is 4.74 Å². The van der Waals surface area contributed by atoms with E-state index in [1.165, 1.54) is 0 Å². The van der Waals surface area contributed by atoms with E-state index in [2.05, 4.69) is 5.32 Å². The minimum Gasteiger partial charge on any atom is -0.468 e. The van der Waals surface area contributed by atoms with Gasteiger partial charge in [-0.1, -0.05) is 91.0 Å². The molecule has 0 aliphatic heterocycles. The van der Waals surface area contributed by atoms with Crippen molar-refractivity contribution < 1.29 is 45.2 Å². The molecule has 0 amide bonds. The summed E-state index contributed by atoms with van der Waals surface area (Å²) in [5.41, 5.74) is 0.556. The average molecular weight is 600 g/mol. The van der Waals surface area contributed by atoms with Gasteiger partial charge in [0.1, 0.15) is 19.0 Å². The van der Waals surface area contributed by atoms with E-state index < -0.39 is 67.7 Å². The number of hydrogen-bond acceptors (Lipinski definition) is 5. The number of Topliss-reactive ketones (excluding diaryl/α,β-unsaturated/α-hetero) is 1. The Kier molecular flexibility index (Phi) is 10.2. The molecule has 0 radical (unpaired) electrons. The van der Waals surface area contributed by atoms with Crippen LogP contribution in [0, 0.1) is 0 Å². The number of hydrogen-bond donors (Lipinski definition) is 1. The van der Waals surface area contributed by atoms with Gasteiger partial charge in [0.25, 0.3) is 0 Å². The fourth-order valence-electron chi connectivity index (χ4n) is 4.85. The largest absolute Gasteiger partial charge is 0.468 e. The van der Waals surface area contributed by atoms with Gasteiger partial charge in [-0.25, -0.2) is 0 Å². The molecule has 0 aliphatic carbocycles. The summed E-state index contributed by atoms with van der Waals surface area (Å²) in [4.78, 5) is 26.0. The number of esters is 1. The Labute approximate surface area is 233 Å². The summed E-state index contributed by atoms with van der Waals surface area (Å²) in [7, 11) is -4.08. The third-order valence-corrected chi connectivity index (χ3v) is 9.13. The van der Waals surface area contributed by atoms with Crippen LogP contribution in [0.5, 0.6) is 0 Å². The predicted molar refractivity (Wildman–Crippen MR) is 142 cm³/mol. The van der Waals surface area contributed by atoms with Crippen LogP contribution in [0.3, 0.4) is 0 Å². The third-order valence-electron chi connectivity index (χ3n) is 6.33. The lowest BCUT2D eigenvalue weighted by molar-refractivity contribution is -0.145. The van der Waals surface area contributed by atoms with Gasteiger partial charge >= 0.3 is 18.3 Å². The predicted octanol–water partition coefficient (Wildman–Crippen LogP) is 6.56. The lowest BCUT2D eigenvalue weighted by Crippen LogP contribution is -2.53. The normalized spacial score (nSPS) is 13.4. The smallest absolute Gasteiger partial charge is 0.395 e. The Bertz CT molecular complexity index is 1230. The number of benzene rings is 3. The molecule has 3 aromatic rings. The average Bonchev–Trinajstić information content (AvgIpc) is 2.89. The van der Waals surface area contributed by atoms with Gasteiger partial charge in [0.2, 0.25) is 0 Å². The quantitative estimate of drug-likeness (QED) is 0.111. The summed E-state index contributed by atoms with van der Waals surface area (Å²) in [5, 5.41) is 3.15. The Morgan fingerprint density at radius 2 is 1.10 bits per heavy atom. The molecule has 0 unspecified atom stereocenters. The van der Waals surface area contributed by atoms with Gasteiger partial charge in [0, 0.05) is 6.42 Å². The highest BCUT2D eigenvalue weighted by molar-refractivity contribution is 7.65. The van der Waals surface area contributed by atoms with Gasteiger partial charge in [-0.05, 0) is 16.7 Å². The molecule has 0 spiro atoms. The number of halogens is 6. The molecule has 0 fully saturated rings. The highest BCUT2D eigenvalue weighted by Crippen LogP contribution is 2.53. The minimum atomic E-state index is -5.19. The number of alkyl halides is 6. The van der Waals surface area contributed by atoms with Crippen molar-refractivity contribution in [1.82, 2.24) is 5.32 Å². The van der Waals surface area contributed by atoms with E-state index >= 15 is 0 Å². The van der Waals surface area contributed by atoms with Crippen LogP contribution in [0.15, 0.2) is 91.0 Å². The van der Waals surface area contributed by atoms with E-state index in [1.54, 1.807) is 91.0 Å². The second-order valence-corrected chi connectivity index (χ2v) is 12.6. The zero-order valence-corrected chi connectivity index (χ0v) is 22.8. The van der Waals surface area contributed by atoms with Crippen molar-refractivity contribution >= 4 is 18.9 Å². The standard InChI is InChI=1S/C29H28F6NO4P/c1-40-26(38)25(17-24(37)18-41(39,19-27(30,31)32)20-28(33,34)35)36-29(21-11-5-2-6-12-21,22-13-7-3-8-14-22)23-15-9-4-10-16-23/h2-16,25,36H,17-20H2,1H3/t25-/m0/s1. The fourth-order valence-corrected chi connectivity index (χ4v) is 7.26. The van der Waals surface area contributed by atoms with E-state index in [0.717, 1.165) is 7.11 Å². The first-order valence-corrected chi connectivity index (χ1v) is 14.7. The van der Waals surface area contributed by atoms with Crippen LogP contribution in [0.4, 0.5) is 26.3 Å². The van der Waals surface area contributed by atoms with Crippen LogP contribution in [-0.4, -0.2) is 55.7 Å². The van der Waals surface area contributed by atoms with Crippen molar-refractivity contribution in [2.75, 3.05) is 25.6 Å². The first kappa shape index (κ1) is 32.1. The minimum absolute atomic E-state index is 0.624. The van der Waals surface area contributed by atoms with Crippen molar-refractivity contribution in [3.63, 3.8) is 0 Å². The number of methoxy groups -OCH3 is 1. The lowest BCUT2D eigenvalue weighted by Gasteiger charge is -2.39. The van der Waals surface area contributed by atoms with Gasteiger partial charge in [-0.15, -0.1) is 0 Å². The highest BCUT2D eigenvalue weighted by Gasteiger charge is 2.47. The number of ether oxygens (including phenoxy) is 1. The Morgan fingerprint density at radius 3 is 1.41 bits per heavy atom. The number of rotatable bonds is 12. The molecule has 0 aliphatic rings. The molecule has 0 saturated heterocycles. The van der Waals surface area contributed by atoms with Crippen LogP contribution in [-0.2, 0) is 24.4 Å². The van der Waals surface area contributed by atoms with E-state index in [9.17, 15) is 40.5 Å². The molecule has 220 valence electrons. The second-order valence-electron chi connectivity index (χ2n) is 9.57. The maximum absolute atomic E-state index is 13.1. The summed E-state index contributed by atoms with van der Waals surface area (Å²) >= 11 is 0. The zero-order chi connectivity index (χ0) is 30.3. The molecule has 0 heterocycles. The molecule has 5 nitrogen and oxygen atoms in total. The molecule has 3 aromatic carbocycles. The van der Waals surface area contributed by atoms with E-state index in [0.29, 0.717) is 16.7 Å². The topological polar surface area (TPSA) is 72.5 Å². The van der Waals surface area contributed by atoms with Gasteiger partial charge < -0.3 is 9.30 Å². The summed E-state index contributed by atoms with van der Waals surface area (Å²) in [6.07, 6.45) is -17.2. The Morgan fingerprint density at radius 1 is 0.732 bits per heavy atom. The summed E-state index contributed by atoms with van der Waals surface area (Å²) in [6.45, 7) is 0. The maximum Gasteiger partial charge on any atom is 0.395 e. The Balaban J connectivity index is 2.08. The van der Waals surface area contributed by atoms with Gasteiger partial charge in [0.05, 0.1) is 31.1 Å². The molecule has 12 heteroatoms. The molecule has 41 heavy (non-hydrogen) atoms. The number of nitrogens with one attached hydrogen (secondary N) is 1. The molecule has 0 saturated carbocycles. The van der Waals surface area contributed by atoms with Crippen LogP contribution in [0.2, 0.25) is 0 Å². The first-order chi connectivity index (χ1) is 19.2. The molecular weight excluding hydrogens is 571 g/mol. The van der Waals surface area contributed by atoms with Crippen molar-refractivity contribution in [2.45, 2.75) is 30.4 Å². The summed E-state index contributed by atoms with van der Waals surface area (Å²) in [6, 6.07) is 24.9. The molecule has 1 N–H and O–H groups in total. The number of carbonyl (C=O) groups excluding carboxylic acids is 2. The lowest BCUT2D eigenvalue weighted by atomic mass is 9.76. The highest BCUT2D eigenvalue weighted by atomic mass is 31.2. The van der Waals surface area contributed by atoms with E-state index in [1.807, 2.05) is 0 Å². The SMILES string of the molecule is COC(=O)[C@H](CC(=O)CP(=O)(CC(F)(F)F)CC(F)(F)F)NC(c1ccccc1)(c1ccccc1)c1ccccc1. The Hall–Kier alpha value is -3.43.